The minimum Gasteiger partial charge on any atom is -0.379 e. The van der Waals surface area contributed by atoms with Crippen LogP contribution in [0.15, 0.2) is 39.6 Å². The Morgan fingerprint density at radius 3 is 2.34 bits per heavy atom. The van der Waals surface area contributed by atoms with E-state index < -0.39 is 15.9 Å². The number of benzene rings is 2. The molecule has 2 aliphatic carbocycles. The number of amides is 2. The number of hydrogen-bond donors (Lipinski definition) is 2. The first-order valence-corrected chi connectivity index (χ1v) is 12.9. The van der Waals surface area contributed by atoms with Gasteiger partial charge in [-0.2, -0.15) is 0 Å². The maximum Gasteiger partial charge on any atom is 0.354 e. The van der Waals surface area contributed by atoms with Gasteiger partial charge in [0.1, 0.15) is 9.92 Å². The van der Waals surface area contributed by atoms with Crippen LogP contribution in [0.1, 0.15) is 40.7 Å². The minimum absolute atomic E-state index is 0.307. The van der Waals surface area contributed by atoms with E-state index in [2.05, 4.69) is 20.6 Å². The van der Waals surface area contributed by atoms with Gasteiger partial charge in [0.05, 0.1) is 11.0 Å². The van der Waals surface area contributed by atoms with E-state index in [-0.39, 0.29) is 0 Å². The summed E-state index contributed by atoms with van der Waals surface area (Å²) in [6.07, 6.45) is 6.52. The lowest BCUT2D eigenvalue weighted by atomic mass is 9.99. The van der Waals surface area contributed by atoms with Crippen LogP contribution in [0, 0.1) is 0 Å². The third-order valence-electron chi connectivity index (χ3n) is 6.85. The van der Waals surface area contributed by atoms with Gasteiger partial charge in [0.25, 0.3) is 0 Å². The number of carbonyl (C=O) groups is 1. The average Bonchev–Trinajstić information content (AvgIpc) is 3.39. The molecule has 2 aromatic rings. The van der Waals surface area contributed by atoms with Gasteiger partial charge in [-0.15, -0.1) is 4.36 Å². The predicted octanol–water partition coefficient (Wildman–Crippen LogP) is 3.43. The number of nitrogens with zero attached hydrogens (tertiary/aromatic N) is 2. The second-order valence-corrected chi connectivity index (χ2v) is 10.8. The van der Waals surface area contributed by atoms with Crippen molar-refractivity contribution < 1.29 is 13.7 Å². The zero-order valence-corrected chi connectivity index (χ0v) is 19.2. The zero-order valence-electron chi connectivity index (χ0n) is 18.4. The Balaban J connectivity index is 1.32. The van der Waals surface area contributed by atoms with Crippen LogP contribution in [0.2, 0.25) is 0 Å². The lowest BCUT2D eigenvalue weighted by Gasteiger charge is -2.38. The second kappa shape index (κ2) is 8.59. The predicted molar refractivity (Wildman–Crippen MR) is 125 cm³/mol. The van der Waals surface area contributed by atoms with Crippen LogP contribution in [0.3, 0.4) is 0 Å². The van der Waals surface area contributed by atoms with Gasteiger partial charge >= 0.3 is 6.03 Å². The number of likely N-dealkylation sites (tertiary alicyclic amines) is 1. The molecule has 5 rings (SSSR count). The fourth-order valence-corrected chi connectivity index (χ4v) is 6.04. The van der Waals surface area contributed by atoms with Crippen molar-refractivity contribution in [2.24, 2.45) is 9.50 Å². The maximum absolute atomic E-state index is 13.1. The molecule has 2 aromatic carbocycles. The Hall–Kier alpha value is -2.26. The number of nitrogens with one attached hydrogen (secondary N) is 1. The van der Waals surface area contributed by atoms with Gasteiger partial charge in [-0.05, 0) is 78.5 Å². The molecule has 0 saturated carbocycles. The topological polar surface area (TPSA) is 97.0 Å². The van der Waals surface area contributed by atoms with Crippen molar-refractivity contribution in [2.75, 3.05) is 25.5 Å². The number of methoxy groups -OCH3 is 1. The monoisotopic (exact) mass is 454 g/mol. The molecule has 1 unspecified atom stereocenters. The zero-order chi connectivity index (χ0) is 22.3. The molecule has 2 amide bonds. The number of nitrogens with two attached hydrogens (primary N) is 1. The minimum atomic E-state index is -3.33. The summed E-state index contributed by atoms with van der Waals surface area (Å²) < 4.78 is 22.3. The Morgan fingerprint density at radius 1 is 1.12 bits per heavy atom. The largest absolute Gasteiger partial charge is 0.379 e. The Morgan fingerprint density at radius 2 is 1.75 bits per heavy atom. The number of aryl methyl sites for hydroxylation is 2. The molecule has 1 aliphatic heterocycles. The quantitative estimate of drug-likeness (QED) is 0.723. The first-order chi connectivity index (χ1) is 15.4. The summed E-state index contributed by atoms with van der Waals surface area (Å²) in [7, 11) is -1.60. The van der Waals surface area contributed by atoms with E-state index in [9.17, 15) is 9.00 Å². The number of carbonyl (C=O) groups excluding carboxylic acids is 1. The molecule has 1 fully saturated rings. The molecule has 1 atom stereocenters. The molecule has 170 valence electrons. The van der Waals surface area contributed by atoms with E-state index in [1.165, 1.54) is 22.3 Å². The second-order valence-electron chi connectivity index (χ2n) is 9.02. The highest BCUT2D eigenvalue weighted by Crippen LogP contribution is 2.38. The molecule has 32 heavy (non-hydrogen) atoms. The van der Waals surface area contributed by atoms with Crippen molar-refractivity contribution in [1.29, 1.82) is 0 Å². The van der Waals surface area contributed by atoms with Crippen LogP contribution < -0.4 is 10.5 Å². The molecule has 3 aliphatic rings. The molecular formula is C24H30N4O3S. The lowest BCUT2D eigenvalue weighted by molar-refractivity contribution is -0.0334. The first kappa shape index (κ1) is 21.6. The van der Waals surface area contributed by atoms with Crippen LogP contribution in [0.5, 0.6) is 0 Å². The standard InChI is InChI=1S/C24H30N4O3S/c1-31-19-14-28(15-19)13-16-8-10-20(11-9-16)32(25,30)27-24(29)26-23-21-6-2-4-17(21)12-18-5-3-7-22(18)23/h8-12,19H,2-7,13-15H2,1H3,(H3,25,26,27,29,30). The fraction of sp³-hybridized carbons (Fsp3) is 0.458. The van der Waals surface area contributed by atoms with Crippen molar-refractivity contribution in [1.82, 2.24) is 4.90 Å². The molecule has 1 heterocycles. The number of hydrogen-bond acceptors (Lipinski definition) is 4. The van der Waals surface area contributed by atoms with Crippen LogP contribution in [-0.2, 0) is 46.9 Å². The molecule has 0 spiro atoms. The van der Waals surface area contributed by atoms with Crippen LogP contribution in [0.4, 0.5) is 10.5 Å². The third-order valence-corrected chi connectivity index (χ3v) is 8.23. The van der Waals surface area contributed by atoms with Crippen molar-refractivity contribution in [3.05, 3.63) is 58.1 Å². The number of ether oxygens (including phenoxy) is 1. The number of rotatable bonds is 5. The van der Waals surface area contributed by atoms with Gasteiger partial charge in [-0.3, -0.25) is 4.90 Å². The third kappa shape index (κ3) is 4.20. The molecule has 0 radical (unpaired) electrons. The number of urea groups is 1. The first-order valence-electron chi connectivity index (χ1n) is 11.3. The van der Waals surface area contributed by atoms with E-state index in [4.69, 9.17) is 9.88 Å². The van der Waals surface area contributed by atoms with Crippen LogP contribution in [0.25, 0.3) is 0 Å². The van der Waals surface area contributed by atoms with E-state index in [1.54, 1.807) is 19.2 Å². The maximum atomic E-state index is 13.1. The highest BCUT2D eigenvalue weighted by atomic mass is 32.2. The van der Waals surface area contributed by atoms with Crippen molar-refractivity contribution in [2.45, 2.75) is 56.1 Å². The normalized spacial score (nSPS) is 19.7. The van der Waals surface area contributed by atoms with Gasteiger partial charge in [0.15, 0.2) is 0 Å². The Labute approximate surface area is 189 Å². The molecule has 0 aromatic heterocycles. The summed E-state index contributed by atoms with van der Waals surface area (Å²) in [5, 5.41) is 8.96. The number of fused-ring (bicyclic) bond motifs is 2. The van der Waals surface area contributed by atoms with Crippen molar-refractivity contribution in [3.63, 3.8) is 0 Å². The van der Waals surface area contributed by atoms with Gasteiger partial charge < -0.3 is 10.1 Å². The summed E-state index contributed by atoms with van der Waals surface area (Å²) in [5.41, 5.74) is 7.05. The average molecular weight is 455 g/mol. The molecular weight excluding hydrogens is 424 g/mol. The molecule has 1 saturated heterocycles. The molecule has 7 nitrogen and oxygen atoms in total. The van der Waals surface area contributed by atoms with Crippen LogP contribution >= 0.6 is 0 Å². The van der Waals surface area contributed by atoms with Crippen LogP contribution in [-0.4, -0.2) is 41.4 Å². The van der Waals surface area contributed by atoms with Gasteiger partial charge in [-0.1, -0.05) is 18.2 Å². The Kier molecular flexibility index (Phi) is 5.79. The molecule has 0 bridgehead atoms. The molecule has 3 N–H and O–H groups in total. The summed E-state index contributed by atoms with van der Waals surface area (Å²) in [4.78, 5) is 15.4. The van der Waals surface area contributed by atoms with E-state index in [1.807, 2.05) is 12.1 Å². The van der Waals surface area contributed by atoms with E-state index in [0.29, 0.717) is 11.0 Å². The highest BCUT2D eigenvalue weighted by Gasteiger charge is 2.27. The lowest BCUT2D eigenvalue weighted by Crippen LogP contribution is -2.50. The number of anilines is 1. The summed E-state index contributed by atoms with van der Waals surface area (Å²) in [6.45, 7) is 2.62. The summed E-state index contributed by atoms with van der Waals surface area (Å²) in [6, 6.07) is 8.88. The SMILES string of the molecule is COC1CN(Cc2ccc(S(N)(=O)=NC(=O)Nc3c4c(cc5c3CCC5)CCC4)cc2)C1. The Bertz CT molecular complexity index is 1130. The van der Waals surface area contributed by atoms with Gasteiger partial charge in [0, 0.05) is 32.4 Å². The summed E-state index contributed by atoms with van der Waals surface area (Å²) >= 11 is 0. The van der Waals surface area contributed by atoms with Gasteiger partial charge in [0.2, 0.25) is 0 Å². The van der Waals surface area contributed by atoms with E-state index in [0.717, 1.165) is 69.4 Å². The van der Waals surface area contributed by atoms with Gasteiger partial charge in [-0.25, -0.2) is 14.1 Å². The summed E-state index contributed by atoms with van der Waals surface area (Å²) in [5.74, 6) is 0. The fourth-order valence-electron chi connectivity index (χ4n) is 5.12. The van der Waals surface area contributed by atoms with Crippen molar-refractivity contribution in [3.8, 4) is 0 Å². The van der Waals surface area contributed by atoms with E-state index >= 15 is 0 Å². The molecule has 8 heteroatoms. The smallest absolute Gasteiger partial charge is 0.354 e. The van der Waals surface area contributed by atoms with Crippen molar-refractivity contribution >= 4 is 21.6 Å². The highest BCUT2D eigenvalue weighted by molar-refractivity contribution is 7.91.